The van der Waals surface area contributed by atoms with Crippen molar-refractivity contribution in [2.24, 2.45) is 0 Å². The van der Waals surface area contributed by atoms with E-state index in [4.69, 9.17) is 0 Å². The standard InChI is InChI=1S/C14H16N2O/c1-11(13-5-3-7-15-10-13)16-9-12-4-2-6-14(17)8-12/h2-8,10-11,16-17H,9H2,1H3/t11-/m0/s1. The van der Waals surface area contributed by atoms with Gasteiger partial charge in [0.25, 0.3) is 0 Å². The second-order valence-electron chi connectivity index (χ2n) is 4.06. The van der Waals surface area contributed by atoms with Crippen molar-refractivity contribution in [2.45, 2.75) is 19.5 Å². The second kappa shape index (κ2) is 5.46. The van der Waals surface area contributed by atoms with Crippen molar-refractivity contribution in [2.75, 3.05) is 0 Å². The van der Waals surface area contributed by atoms with Crippen LogP contribution in [0.1, 0.15) is 24.1 Å². The summed E-state index contributed by atoms with van der Waals surface area (Å²) in [5.41, 5.74) is 2.23. The van der Waals surface area contributed by atoms with E-state index in [9.17, 15) is 5.11 Å². The predicted octanol–water partition coefficient (Wildman–Crippen LogP) is 2.64. The number of phenols is 1. The Hall–Kier alpha value is -1.87. The maximum Gasteiger partial charge on any atom is 0.115 e. The van der Waals surface area contributed by atoms with Crippen LogP contribution in [0.2, 0.25) is 0 Å². The lowest BCUT2D eigenvalue weighted by Crippen LogP contribution is -2.18. The van der Waals surface area contributed by atoms with E-state index in [-0.39, 0.29) is 6.04 Å². The van der Waals surface area contributed by atoms with E-state index in [0.29, 0.717) is 5.75 Å². The van der Waals surface area contributed by atoms with Gasteiger partial charge in [0.05, 0.1) is 0 Å². The minimum atomic E-state index is 0.242. The smallest absolute Gasteiger partial charge is 0.115 e. The van der Waals surface area contributed by atoms with E-state index >= 15 is 0 Å². The van der Waals surface area contributed by atoms with Crippen LogP contribution in [-0.2, 0) is 6.54 Å². The Labute approximate surface area is 101 Å². The molecule has 3 heteroatoms. The van der Waals surface area contributed by atoms with E-state index in [0.717, 1.165) is 17.7 Å². The highest BCUT2D eigenvalue weighted by Crippen LogP contribution is 2.14. The minimum Gasteiger partial charge on any atom is -0.508 e. The van der Waals surface area contributed by atoms with Crippen molar-refractivity contribution in [3.05, 3.63) is 59.9 Å². The van der Waals surface area contributed by atoms with E-state index < -0.39 is 0 Å². The third-order valence-corrected chi connectivity index (χ3v) is 2.71. The number of rotatable bonds is 4. The SMILES string of the molecule is C[C@H](NCc1cccc(O)c1)c1cccnc1. The molecule has 0 aliphatic rings. The number of nitrogens with one attached hydrogen (secondary N) is 1. The molecule has 17 heavy (non-hydrogen) atoms. The number of aromatic hydroxyl groups is 1. The van der Waals surface area contributed by atoms with Gasteiger partial charge in [-0.3, -0.25) is 4.98 Å². The highest BCUT2D eigenvalue weighted by molar-refractivity contribution is 5.27. The first-order valence-corrected chi connectivity index (χ1v) is 5.67. The Balaban J connectivity index is 1.95. The minimum absolute atomic E-state index is 0.242. The Kier molecular flexibility index (Phi) is 3.73. The number of phenolic OH excluding ortho intramolecular Hbond substituents is 1. The molecule has 2 rings (SSSR count). The maximum atomic E-state index is 9.36. The number of nitrogens with zero attached hydrogens (tertiary/aromatic N) is 1. The van der Waals surface area contributed by atoms with Crippen molar-refractivity contribution in [3.8, 4) is 5.75 Å². The number of pyridine rings is 1. The molecule has 3 nitrogen and oxygen atoms in total. The molecule has 0 aliphatic heterocycles. The number of aromatic nitrogens is 1. The summed E-state index contributed by atoms with van der Waals surface area (Å²) >= 11 is 0. The fourth-order valence-corrected chi connectivity index (χ4v) is 1.69. The summed E-state index contributed by atoms with van der Waals surface area (Å²) < 4.78 is 0. The molecule has 0 saturated heterocycles. The normalized spacial score (nSPS) is 12.3. The lowest BCUT2D eigenvalue weighted by atomic mass is 10.1. The van der Waals surface area contributed by atoms with Crippen molar-refractivity contribution in [1.29, 1.82) is 0 Å². The van der Waals surface area contributed by atoms with Crippen LogP contribution in [0.5, 0.6) is 5.75 Å². The Morgan fingerprint density at radius 1 is 1.29 bits per heavy atom. The van der Waals surface area contributed by atoms with Gasteiger partial charge in [-0.15, -0.1) is 0 Å². The van der Waals surface area contributed by atoms with E-state index in [1.54, 1.807) is 18.3 Å². The summed E-state index contributed by atoms with van der Waals surface area (Å²) in [6.07, 6.45) is 3.63. The summed E-state index contributed by atoms with van der Waals surface area (Å²) in [5, 5.41) is 12.7. The van der Waals surface area contributed by atoms with Crippen molar-refractivity contribution < 1.29 is 5.11 Å². The quantitative estimate of drug-likeness (QED) is 0.845. The summed E-state index contributed by atoms with van der Waals surface area (Å²) in [5.74, 6) is 0.304. The molecule has 1 heterocycles. The molecule has 2 N–H and O–H groups in total. The molecule has 0 fully saturated rings. The van der Waals surface area contributed by atoms with E-state index in [2.05, 4.69) is 17.2 Å². The average Bonchev–Trinajstić information content (AvgIpc) is 2.37. The van der Waals surface area contributed by atoms with Gasteiger partial charge in [0.15, 0.2) is 0 Å². The molecule has 0 spiro atoms. The molecule has 0 saturated carbocycles. The van der Waals surface area contributed by atoms with Gasteiger partial charge in [-0.1, -0.05) is 18.2 Å². The predicted molar refractivity (Wildman–Crippen MR) is 67.6 cm³/mol. The van der Waals surface area contributed by atoms with Gasteiger partial charge < -0.3 is 10.4 Å². The molecule has 88 valence electrons. The average molecular weight is 228 g/mol. The van der Waals surface area contributed by atoms with Crippen LogP contribution in [0.25, 0.3) is 0 Å². The van der Waals surface area contributed by atoms with Crippen LogP contribution < -0.4 is 5.32 Å². The topological polar surface area (TPSA) is 45.1 Å². The van der Waals surface area contributed by atoms with E-state index in [1.807, 2.05) is 30.5 Å². The lowest BCUT2D eigenvalue weighted by molar-refractivity contribution is 0.473. The Morgan fingerprint density at radius 3 is 2.88 bits per heavy atom. The van der Waals surface area contributed by atoms with Crippen LogP contribution in [0, 0.1) is 0 Å². The van der Waals surface area contributed by atoms with Gasteiger partial charge in [0, 0.05) is 25.0 Å². The fourth-order valence-electron chi connectivity index (χ4n) is 1.69. The molecule has 0 aliphatic carbocycles. The first-order chi connectivity index (χ1) is 8.25. The van der Waals surface area contributed by atoms with Gasteiger partial charge in [0.1, 0.15) is 5.75 Å². The molecule has 1 atom stereocenters. The fraction of sp³-hybridized carbons (Fsp3) is 0.214. The van der Waals surface area contributed by atoms with Gasteiger partial charge >= 0.3 is 0 Å². The van der Waals surface area contributed by atoms with Crippen LogP contribution >= 0.6 is 0 Å². The number of hydrogen-bond acceptors (Lipinski definition) is 3. The van der Waals surface area contributed by atoms with Crippen LogP contribution in [0.4, 0.5) is 0 Å². The zero-order valence-corrected chi connectivity index (χ0v) is 9.80. The zero-order valence-electron chi connectivity index (χ0n) is 9.80. The zero-order chi connectivity index (χ0) is 12.1. The van der Waals surface area contributed by atoms with Gasteiger partial charge in [-0.05, 0) is 36.2 Å². The molecule has 0 radical (unpaired) electrons. The summed E-state index contributed by atoms with van der Waals surface area (Å²) in [4.78, 5) is 4.09. The lowest BCUT2D eigenvalue weighted by Gasteiger charge is -2.13. The van der Waals surface area contributed by atoms with E-state index in [1.165, 1.54) is 0 Å². The molecular weight excluding hydrogens is 212 g/mol. The van der Waals surface area contributed by atoms with Gasteiger partial charge in [0.2, 0.25) is 0 Å². The van der Waals surface area contributed by atoms with Crippen LogP contribution in [-0.4, -0.2) is 10.1 Å². The molecule has 1 aromatic heterocycles. The third kappa shape index (κ3) is 3.29. The summed E-state index contributed by atoms with van der Waals surface area (Å²) in [7, 11) is 0. The first kappa shape index (κ1) is 11.6. The molecule has 1 aromatic carbocycles. The maximum absolute atomic E-state index is 9.36. The summed E-state index contributed by atoms with van der Waals surface area (Å²) in [6.45, 7) is 2.82. The van der Waals surface area contributed by atoms with Crippen molar-refractivity contribution in [3.63, 3.8) is 0 Å². The Bertz CT molecular complexity index is 471. The molecule has 2 aromatic rings. The highest BCUT2D eigenvalue weighted by atomic mass is 16.3. The Morgan fingerprint density at radius 2 is 2.18 bits per heavy atom. The van der Waals surface area contributed by atoms with Crippen LogP contribution in [0.15, 0.2) is 48.8 Å². The monoisotopic (exact) mass is 228 g/mol. The van der Waals surface area contributed by atoms with Crippen LogP contribution in [0.3, 0.4) is 0 Å². The number of hydrogen-bond donors (Lipinski definition) is 2. The van der Waals surface area contributed by atoms with Gasteiger partial charge in [-0.2, -0.15) is 0 Å². The molecule has 0 amide bonds. The van der Waals surface area contributed by atoms with Gasteiger partial charge in [-0.25, -0.2) is 0 Å². The van der Waals surface area contributed by atoms with Crippen molar-refractivity contribution in [1.82, 2.24) is 10.3 Å². The first-order valence-electron chi connectivity index (χ1n) is 5.67. The summed E-state index contributed by atoms with van der Waals surface area (Å²) in [6, 6.07) is 11.5. The second-order valence-corrected chi connectivity index (χ2v) is 4.06. The molecular formula is C14H16N2O. The number of benzene rings is 1. The highest BCUT2D eigenvalue weighted by Gasteiger charge is 2.04. The molecule has 0 unspecified atom stereocenters. The molecule has 0 bridgehead atoms. The third-order valence-electron chi connectivity index (χ3n) is 2.71. The largest absolute Gasteiger partial charge is 0.508 e. The van der Waals surface area contributed by atoms with Crippen molar-refractivity contribution >= 4 is 0 Å².